The van der Waals surface area contributed by atoms with Crippen LogP contribution in [0.25, 0.3) is 0 Å². The number of aryl methyl sites for hydroxylation is 1. The predicted molar refractivity (Wildman–Crippen MR) is 99.6 cm³/mol. The Balaban J connectivity index is 1.73. The standard InChI is InChI=1S/C18H22N2O4S2/c1-14-19-16(13-25-14)12-24-18(21)15-7-6-8-17(11-15)26(22,23)20-9-4-2-3-5-10-20/h6-8,11,13H,2-5,9-10,12H2,1H3. The zero-order valence-electron chi connectivity index (χ0n) is 14.7. The van der Waals surface area contributed by atoms with E-state index < -0.39 is 16.0 Å². The zero-order chi connectivity index (χ0) is 18.6. The lowest BCUT2D eigenvalue weighted by Gasteiger charge is -2.20. The van der Waals surface area contributed by atoms with Gasteiger partial charge in [-0.1, -0.05) is 18.9 Å². The van der Waals surface area contributed by atoms with E-state index in [2.05, 4.69) is 4.98 Å². The molecule has 0 radical (unpaired) electrons. The lowest BCUT2D eigenvalue weighted by molar-refractivity contribution is 0.0468. The van der Waals surface area contributed by atoms with E-state index in [0.717, 1.165) is 30.7 Å². The van der Waals surface area contributed by atoms with Gasteiger partial charge >= 0.3 is 5.97 Å². The summed E-state index contributed by atoms with van der Waals surface area (Å²) in [6.07, 6.45) is 3.84. The SMILES string of the molecule is Cc1nc(COC(=O)c2cccc(S(=O)(=O)N3CCCCCC3)c2)cs1. The van der Waals surface area contributed by atoms with Crippen molar-refractivity contribution in [1.29, 1.82) is 0 Å². The average molecular weight is 395 g/mol. The molecule has 6 nitrogen and oxygen atoms in total. The fourth-order valence-corrected chi connectivity index (χ4v) is 5.07. The van der Waals surface area contributed by atoms with Crippen molar-refractivity contribution in [2.45, 2.75) is 44.1 Å². The fourth-order valence-electron chi connectivity index (χ4n) is 2.91. The van der Waals surface area contributed by atoms with Gasteiger partial charge in [0.2, 0.25) is 10.0 Å². The van der Waals surface area contributed by atoms with Gasteiger partial charge in [-0.3, -0.25) is 0 Å². The zero-order valence-corrected chi connectivity index (χ0v) is 16.3. The number of thiazole rings is 1. The van der Waals surface area contributed by atoms with Crippen molar-refractivity contribution in [3.63, 3.8) is 0 Å². The number of esters is 1. The van der Waals surface area contributed by atoms with E-state index in [1.807, 2.05) is 12.3 Å². The number of aromatic nitrogens is 1. The molecule has 0 N–H and O–H groups in total. The van der Waals surface area contributed by atoms with Crippen LogP contribution in [0.2, 0.25) is 0 Å². The molecule has 1 aliphatic heterocycles. The maximum absolute atomic E-state index is 12.9. The molecule has 0 amide bonds. The Kier molecular flexibility index (Phi) is 6.05. The molecule has 0 aliphatic carbocycles. The van der Waals surface area contributed by atoms with Crippen LogP contribution in [0.1, 0.15) is 46.7 Å². The van der Waals surface area contributed by atoms with Gasteiger partial charge in [-0.05, 0) is 38.0 Å². The van der Waals surface area contributed by atoms with Gasteiger partial charge in [-0.25, -0.2) is 18.2 Å². The summed E-state index contributed by atoms with van der Waals surface area (Å²) in [5.41, 5.74) is 0.919. The lowest BCUT2D eigenvalue weighted by atomic mass is 10.2. The highest BCUT2D eigenvalue weighted by Crippen LogP contribution is 2.21. The minimum Gasteiger partial charge on any atom is -0.456 e. The molecule has 2 heterocycles. The van der Waals surface area contributed by atoms with Gasteiger partial charge in [-0.2, -0.15) is 4.31 Å². The molecule has 1 saturated heterocycles. The normalized spacial score (nSPS) is 16.2. The van der Waals surface area contributed by atoms with E-state index in [0.29, 0.717) is 18.8 Å². The second-order valence-corrected chi connectivity index (χ2v) is 9.28. The largest absolute Gasteiger partial charge is 0.456 e. The molecule has 0 atom stereocenters. The molecule has 0 unspecified atom stereocenters. The van der Waals surface area contributed by atoms with Crippen LogP contribution in [0.3, 0.4) is 0 Å². The first kappa shape index (κ1) is 19.0. The Hall–Kier alpha value is -1.77. The van der Waals surface area contributed by atoms with Crippen molar-refractivity contribution in [2.24, 2.45) is 0 Å². The van der Waals surface area contributed by atoms with Gasteiger partial charge in [0.15, 0.2) is 0 Å². The van der Waals surface area contributed by atoms with Crippen LogP contribution >= 0.6 is 11.3 Å². The summed E-state index contributed by atoms with van der Waals surface area (Å²) in [5, 5.41) is 2.74. The van der Waals surface area contributed by atoms with Crippen LogP contribution < -0.4 is 0 Å². The van der Waals surface area contributed by atoms with E-state index in [1.54, 1.807) is 12.1 Å². The number of carbonyl (C=O) groups excluding carboxylic acids is 1. The number of rotatable bonds is 5. The topological polar surface area (TPSA) is 76.6 Å². The Labute approximate surface area is 157 Å². The third kappa shape index (κ3) is 4.49. The minimum atomic E-state index is -3.59. The molecule has 1 aromatic carbocycles. The number of hydrogen-bond acceptors (Lipinski definition) is 6. The molecule has 2 aromatic rings. The summed E-state index contributed by atoms with van der Waals surface area (Å²) >= 11 is 1.49. The Bertz CT molecular complexity index is 869. The minimum absolute atomic E-state index is 0.0757. The molecule has 8 heteroatoms. The molecular weight excluding hydrogens is 372 g/mol. The predicted octanol–water partition coefficient (Wildman–Crippen LogP) is 3.37. The molecule has 0 spiro atoms. The molecule has 0 saturated carbocycles. The van der Waals surface area contributed by atoms with Crippen LogP contribution in [0.4, 0.5) is 0 Å². The first-order valence-corrected chi connectivity index (χ1v) is 11.0. The second-order valence-electron chi connectivity index (χ2n) is 6.28. The maximum Gasteiger partial charge on any atom is 0.338 e. The molecule has 140 valence electrons. The van der Waals surface area contributed by atoms with Gasteiger partial charge in [0.05, 0.1) is 21.2 Å². The molecule has 26 heavy (non-hydrogen) atoms. The van der Waals surface area contributed by atoms with Crippen molar-refractivity contribution < 1.29 is 17.9 Å². The van der Waals surface area contributed by atoms with Crippen molar-refractivity contribution in [1.82, 2.24) is 9.29 Å². The molecule has 0 bridgehead atoms. The first-order valence-electron chi connectivity index (χ1n) is 8.65. The maximum atomic E-state index is 12.9. The summed E-state index contributed by atoms with van der Waals surface area (Å²) in [4.78, 5) is 16.7. The fraction of sp³-hybridized carbons (Fsp3) is 0.444. The molecule has 1 fully saturated rings. The molecule has 1 aromatic heterocycles. The van der Waals surface area contributed by atoms with Crippen LogP contribution in [0.15, 0.2) is 34.5 Å². The number of hydrogen-bond donors (Lipinski definition) is 0. The summed E-state index contributed by atoms with van der Waals surface area (Å²) in [7, 11) is -3.59. The van der Waals surface area contributed by atoms with Crippen molar-refractivity contribution in [3.05, 3.63) is 45.9 Å². The van der Waals surface area contributed by atoms with Crippen molar-refractivity contribution >= 4 is 27.3 Å². The number of nitrogens with zero attached hydrogens (tertiary/aromatic N) is 2. The van der Waals surface area contributed by atoms with E-state index in [-0.39, 0.29) is 17.1 Å². The van der Waals surface area contributed by atoms with Crippen LogP contribution in [-0.4, -0.2) is 36.8 Å². The highest BCUT2D eigenvalue weighted by Gasteiger charge is 2.26. The van der Waals surface area contributed by atoms with Crippen LogP contribution in [0.5, 0.6) is 0 Å². The van der Waals surface area contributed by atoms with Gasteiger partial charge in [0.25, 0.3) is 0 Å². The third-order valence-electron chi connectivity index (χ3n) is 4.29. The summed E-state index contributed by atoms with van der Waals surface area (Å²) in [5.74, 6) is -0.552. The van der Waals surface area contributed by atoms with Gasteiger partial charge < -0.3 is 4.74 Å². The number of benzene rings is 1. The second kappa shape index (κ2) is 8.28. The van der Waals surface area contributed by atoms with Gasteiger partial charge in [0, 0.05) is 18.5 Å². The van der Waals surface area contributed by atoms with E-state index in [4.69, 9.17) is 4.74 Å². The van der Waals surface area contributed by atoms with Crippen molar-refractivity contribution in [3.8, 4) is 0 Å². The molecule has 1 aliphatic rings. The number of carbonyl (C=O) groups is 1. The Morgan fingerprint density at radius 3 is 2.62 bits per heavy atom. The summed E-state index contributed by atoms with van der Waals surface area (Å²) in [6.45, 7) is 3.01. The molecule has 3 rings (SSSR count). The third-order valence-corrected chi connectivity index (χ3v) is 7.01. The smallest absolute Gasteiger partial charge is 0.338 e. The van der Waals surface area contributed by atoms with Crippen LogP contribution in [0, 0.1) is 6.92 Å². The molecular formula is C18H22N2O4S2. The quantitative estimate of drug-likeness (QED) is 0.727. The van der Waals surface area contributed by atoms with Crippen molar-refractivity contribution in [2.75, 3.05) is 13.1 Å². The van der Waals surface area contributed by atoms with Gasteiger partial charge in [0.1, 0.15) is 6.61 Å². The highest BCUT2D eigenvalue weighted by atomic mass is 32.2. The lowest BCUT2D eigenvalue weighted by Crippen LogP contribution is -2.32. The van der Waals surface area contributed by atoms with E-state index in [1.165, 1.54) is 27.8 Å². The Morgan fingerprint density at radius 1 is 1.23 bits per heavy atom. The summed E-state index contributed by atoms with van der Waals surface area (Å²) < 4.78 is 32.5. The van der Waals surface area contributed by atoms with Crippen LogP contribution in [-0.2, 0) is 21.4 Å². The first-order chi connectivity index (χ1) is 12.5. The number of sulfonamides is 1. The summed E-state index contributed by atoms with van der Waals surface area (Å²) in [6, 6.07) is 6.07. The van der Waals surface area contributed by atoms with E-state index >= 15 is 0 Å². The average Bonchev–Trinajstić information content (AvgIpc) is 2.87. The monoisotopic (exact) mass is 394 g/mol. The number of ether oxygens (including phenoxy) is 1. The Morgan fingerprint density at radius 2 is 1.96 bits per heavy atom. The van der Waals surface area contributed by atoms with Gasteiger partial charge in [-0.15, -0.1) is 11.3 Å². The highest BCUT2D eigenvalue weighted by molar-refractivity contribution is 7.89. The van der Waals surface area contributed by atoms with E-state index in [9.17, 15) is 13.2 Å².